The van der Waals surface area contributed by atoms with Crippen LogP contribution in [-0.4, -0.2) is 17.1 Å². The van der Waals surface area contributed by atoms with Gasteiger partial charge in [0.15, 0.2) is 0 Å². The van der Waals surface area contributed by atoms with E-state index in [1.54, 1.807) is 12.1 Å². The Bertz CT molecular complexity index is 617. The zero-order valence-corrected chi connectivity index (χ0v) is 10.7. The monoisotopic (exact) mass is 271 g/mol. The van der Waals surface area contributed by atoms with Crippen LogP contribution < -0.4 is 4.87 Å². The van der Waals surface area contributed by atoms with Crippen LogP contribution in [0.4, 0.5) is 0 Å². The molecule has 0 aliphatic heterocycles. The predicted molar refractivity (Wildman–Crippen MR) is 67.7 cm³/mol. The van der Waals surface area contributed by atoms with Gasteiger partial charge in [0.05, 0.1) is 21.8 Å². The van der Waals surface area contributed by atoms with Gasteiger partial charge in [-0.2, -0.15) is 0 Å². The highest BCUT2D eigenvalue weighted by Crippen LogP contribution is 2.24. The fourth-order valence-corrected chi connectivity index (χ4v) is 2.84. The van der Waals surface area contributed by atoms with Crippen LogP contribution in [0.1, 0.15) is 6.92 Å². The third-order valence-electron chi connectivity index (χ3n) is 2.26. The third-order valence-corrected chi connectivity index (χ3v) is 3.51. The molecule has 0 saturated carbocycles. The summed E-state index contributed by atoms with van der Waals surface area (Å²) >= 11 is 7.19. The Labute approximate surface area is 106 Å². The molecule has 0 radical (unpaired) electrons. The van der Waals surface area contributed by atoms with Gasteiger partial charge in [0, 0.05) is 6.92 Å². The number of nitrogens with zero attached hydrogens (tertiary/aromatic N) is 1. The molecule has 6 heteroatoms. The number of ether oxygens (including phenoxy) is 1. The molecule has 2 rings (SSSR count). The first-order valence-electron chi connectivity index (χ1n) is 5.01. The fourth-order valence-electron chi connectivity index (χ4n) is 1.56. The Morgan fingerprint density at radius 2 is 2.29 bits per heavy atom. The van der Waals surface area contributed by atoms with Crippen molar-refractivity contribution in [3.63, 3.8) is 0 Å². The molecule has 90 valence electrons. The molecule has 17 heavy (non-hydrogen) atoms. The van der Waals surface area contributed by atoms with Crippen molar-refractivity contribution in [2.75, 3.05) is 6.61 Å². The van der Waals surface area contributed by atoms with Gasteiger partial charge in [-0.25, -0.2) is 0 Å². The molecule has 0 fully saturated rings. The van der Waals surface area contributed by atoms with Crippen LogP contribution in [0.5, 0.6) is 0 Å². The van der Waals surface area contributed by atoms with Gasteiger partial charge in [0.1, 0.15) is 6.61 Å². The van der Waals surface area contributed by atoms with Crippen molar-refractivity contribution in [1.29, 1.82) is 0 Å². The molecular formula is C11H10ClNO3S. The van der Waals surface area contributed by atoms with E-state index in [2.05, 4.69) is 0 Å². The Balaban J connectivity index is 2.36. The molecule has 1 aromatic heterocycles. The second-order valence-electron chi connectivity index (χ2n) is 3.45. The summed E-state index contributed by atoms with van der Waals surface area (Å²) in [4.78, 5) is 22.3. The topological polar surface area (TPSA) is 48.3 Å². The summed E-state index contributed by atoms with van der Waals surface area (Å²) in [6.07, 6.45) is 0. The van der Waals surface area contributed by atoms with E-state index in [0.29, 0.717) is 17.1 Å². The van der Waals surface area contributed by atoms with Crippen molar-refractivity contribution in [3.8, 4) is 0 Å². The molecule has 2 aromatic rings. The van der Waals surface area contributed by atoms with E-state index in [4.69, 9.17) is 16.3 Å². The average Bonchev–Trinajstić information content (AvgIpc) is 2.56. The third kappa shape index (κ3) is 2.50. The number of aromatic nitrogens is 1. The molecule has 0 N–H and O–H groups in total. The molecule has 1 aromatic carbocycles. The summed E-state index contributed by atoms with van der Waals surface area (Å²) in [5, 5.41) is 0.531. The first kappa shape index (κ1) is 12.1. The van der Waals surface area contributed by atoms with Gasteiger partial charge in [0.25, 0.3) is 0 Å². The van der Waals surface area contributed by atoms with Crippen LogP contribution in [-0.2, 0) is 16.1 Å². The SMILES string of the molecule is CC(=O)OCCn1c(=O)sc2cccc(Cl)c21. The maximum atomic E-state index is 11.7. The van der Waals surface area contributed by atoms with Crippen molar-refractivity contribution in [2.24, 2.45) is 0 Å². The van der Waals surface area contributed by atoms with Crippen LogP contribution in [0.25, 0.3) is 10.2 Å². The van der Waals surface area contributed by atoms with Gasteiger partial charge < -0.3 is 4.74 Å². The van der Waals surface area contributed by atoms with Gasteiger partial charge in [-0.1, -0.05) is 29.0 Å². The minimum absolute atomic E-state index is 0.0970. The zero-order chi connectivity index (χ0) is 12.4. The van der Waals surface area contributed by atoms with Crippen molar-refractivity contribution in [3.05, 3.63) is 32.9 Å². The van der Waals surface area contributed by atoms with Crippen molar-refractivity contribution in [1.82, 2.24) is 4.57 Å². The smallest absolute Gasteiger partial charge is 0.308 e. The normalized spacial score (nSPS) is 10.7. The Morgan fingerprint density at radius 3 is 3.00 bits per heavy atom. The molecule has 0 spiro atoms. The maximum absolute atomic E-state index is 11.7. The zero-order valence-electron chi connectivity index (χ0n) is 9.10. The van der Waals surface area contributed by atoms with E-state index in [1.165, 1.54) is 11.5 Å². The Morgan fingerprint density at radius 1 is 1.53 bits per heavy atom. The van der Waals surface area contributed by atoms with Crippen LogP contribution in [0, 0.1) is 0 Å². The second kappa shape index (κ2) is 4.89. The van der Waals surface area contributed by atoms with Crippen molar-refractivity contribution in [2.45, 2.75) is 13.5 Å². The van der Waals surface area contributed by atoms with Gasteiger partial charge in [-0.05, 0) is 12.1 Å². The van der Waals surface area contributed by atoms with Crippen LogP contribution >= 0.6 is 22.9 Å². The molecule has 0 aliphatic rings. The first-order chi connectivity index (χ1) is 8.09. The van der Waals surface area contributed by atoms with E-state index in [-0.39, 0.29) is 17.4 Å². The number of halogens is 1. The summed E-state index contributed by atoms with van der Waals surface area (Å²) in [6.45, 7) is 1.83. The van der Waals surface area contributed by atoms with E-state index in [0.717, 1.165) is 16.0 Å². The number of hydrogen-bond donors (Lipinski definition) is 0. The number of rotatable bonds is 3. The molecule has 0 amide bonds. The van der Waals surface area contributed by atoms with E-state index < -0.39 is 0 Å². The number of thiazole rings is 1. The quantitative estimate of drug-likeness (QED) is 0.805. The van der Waals surface area contributed by atoms with Crippen LogP contribution in [0.2, 0.25) is 5.02 Å². The molecule has 0 aliphatic carbocycles. The Kier molecular flexibility index (Phi) is 3.49. The Hall–Kier alpha value is -1.33. The minimum Gasteiger partial charge on any atom is -0.464 e. The number of para-hydroxylation sites is 1. The highest BCUT2D eigenvalue weighted by molar-refractivity contribution is 7.16. The van der Waals surface area contributed by atoms with Crippen molar-refractivity contribution >= 4 is 39.1 Å². The number of esters is 1. The van der Waals surface area contributed by atoms with Gasteiger partial charge in [-0.15, -0.1) is 0 Å². The van der Waals surface area contributed by atoms with Gasteiger partial charge in [-0.3, -0.25) is 14.2 Å². The molecular weight excluding hydrogens is 262 g/mol. The fraction of sp³-hybridized carbons (Fsp3) is 0.273. The lowest BCUT2D eigenvalue weighted by Gasteiger charge is -2.04. The second-order valence-corrected chi connectivity index (χ2v) is 4.85. The number of carbonyl (C=O) groups excluding carboxylic acids is 1. The molecule has 0 unspecified atom stereocenters. The largest absolute Gasteiger partial charge is 0.464 e. The maximum Gasteiger partial charge on any atom is 0.308 e. The lowest BCUT2D eigenvalue weighted by atomic mass is 10.3. The number of hydrogen-bond acceptors (Lipinski definition) is 4. The van der Waals surface area contributed by atoms with Gasteiger partial charge in [0.2, 0.25) is 0 Å². The van der Waals surface area contributed by atoms with Gasteiger partial charge >= 0.3 is 10.8 Å². The summed E-state index contributed by atoms with van der Waals surface area (Å²) in [5.41, 5.74) is 0.705. The number of benzene rings is 1. The van der Waals surface area contributed by atoms with E-state index >= 15 is 0 Å². The molecule has 4 nitrogen and oxygen atoms in total. The predicted octanol–water partition coefficient (Wildman–Crippen LogP) is 2.28. The van der Waals surface area contributed by atoms with Crippen LogP contribution in [0.3, 0.4) is 0 Å². The standard InChI is InChI=1S/C11H10ClNO3S/c1-7(14)16-6-5-13-10-8(12)3-2-4-9(10)17-11(13)15/h2-4H,5-6H2,1H3. The first-order valence-corrected chi connectivity index (χ1v) is 6.20. The lowest BCUT2D eigenvalue weighted by molar-refractivity contribution is -0.141. The number of fused-ring (bicyclic) bond motifs is 1. The summed E-state index contributed by atoms with van der Waals surface area (Å²) in [7, 11) is 0. The average molecular weight is 272 g/mol. The molecule has 0 saturated heterocycles. The van der Waals surface area contributed by atoms with Crippen LogP contribution in [0.15, 0.2) is 23.0 Å². The molecule has 0 atom stereocenters. The highest BCUT2D eigenvalue weighted by atomic mass is 35.5. The lowest BCUT2D eigenvalue weighted by Crippen LogP contribution is -2.17. The summed E-state index contributed by atoms with van der Waals surface area (Å²) in [5.74, 6) is -0.358. The van der Waals surface area contributed by atoms with Crippen molar-refractivity contribution < 1.29 is 9.53 Å². The molecule has 0 bridgehead atoms. The number of carbonyl (C=O) groups is 1. The summed E-state index contributed by atoms with van der Waals surface area (Å²) < 4.78 is 7.19. The molecule has 1 heterocycles. The highest BCUT2D eigenvalue weighted by Gasteiger charge is 2.10. The minimum atomic E-state index is -0.358. The van der Waals surface area contributed by atoms with E-state index in [9.17, 15) is 9.59 Å². The van der Waals surface area contributed by atoms with E-state index in [1.807, 2.05) is 6.07 Å². The summed E-state index contributed by atoms with van der Waals surface area (Å²) in [6, 6.07) is 5.38.